The zero-order valence-corrected chi connectivity index (χ0v) is 22.3. The molecule has 2 atom stereocenters. The molecule has 7 heteroatoms. The first-order valence-corrected chi connectivity index (χ1v) is 13.6. The van der Waals surface area contributed by atoms with Gasteiger partial charge in [-0.1, -0.05) is 17.7 Å². The van der Waals surface area contributed by atoms with E-state index in [4.69, 9.17) is 28.6 Å². The zero-order chi connectivity index (χ0) is 25.4. The fourth-order valence-electron chi connectivity index (χ4n) is 5.47. The summed E-state index contributed by atoms with van der Waals surface area (Å²) in [5, 5.41) is 4.99. The molecule has 1 N–H and O–H groups in total. The molecule has 2 aromatic carbocycles. The molecule has 188 valence electrons. The van der Waals surface area contributed by atoms with Crippen molar-refractivity contribution in [1.29, 1.82) is 0 Å². The molecule has 1 aliphatic carbocycles. The van der Waals surface area contributed by atoms with Crippen molar-refractivity contribution < 1.29 is 4.74 Å². The molecule has 1 saturated heterocycles. The van der Waals surface area contributed by atoms with Gasteiger partial charge >= 0.3 is 0 Å². The summed E-state index contributed by atoms with van der Waals surface area (Å²) < 4.78 is 8.43. The largest absolute Gasteiger partial charge is 0.490 e. The van der Waals surface area contributed by atoms with Crippen LogP contribution in [0.4, 0.5) is 5.69 Å². The highest BCUT2D eigenvalue weighted by atomic mass is 35.5. The molecule has 4 aromatic rings. The number of nitrogens with one attached hydrogen (secondary N) is 1. The predicted molar refractivity (Wildman–Crippen MR) is 153 cm³/mol. The number of hydrogen-bond donors (Lipinski definition) is 1. The lowest BCUT2D eigenvalue weighted by atomic mass is 10.0. The Morgan fingerprint density at radius 1 is 0.973 bits per heavy atom. The molecule has 3 heterocycles. The van der Waals surface area contributed by atoms with Gasteiger partial charge in [0.25, 0.3) is 0 Å². The third-order valence-corrected chi connectivity index (χ3v) is 8.06. The molecule has 0 amide bonds. The molecule has 2 aliphatic rings. The number of aromatic nitrogens is 2. The average molecular weight is 529 g/mol. The van der Waals surface area contributed by atoms with Crippen LogP contribution in [-0.4, -0.2) is 20.8 Å². The second kappa shape index (κ2) is 10.2. The van der Waals surface area contributed by atoms with Crippen LogP contribution in [-0.2, 0) is 0 Å². The molecule has 0 spiro atoms. The van der Waals surface area contributed by atoms with E-state index < -0.39 is 0 Å². The van der Waals surface area contributed by atoms with Crippen molar-refractivity contribution in [2.45, 2.75) is 50.8 Å². The number of ether oxygens (including phenoxy) is 1. The summed E-state index contributed by atoms with van der Waals surface area (Å²) in [6.07, 6.45) is 9.02. The number of thiocarbonyl (C=S) groups is 1. The SMILES string of the molecule is Cc1cc(-n2cccc2[C@@H]2[C@@H](c3ccccn3)NC(=S)N2c2ccc(OC3CCCC3)cc2)ccc1Cl. The molecule has 0 bridgehead atoms. The predicted octanol–water partition coefficient (Wildman–Crippen LogP) is 7.33. The number of halogens is 1. The van der Waals surface area contributed by atoms with Gasteiger partial charge in [-0.15, -0.1) is 0 Å². The molecule has 6 rings (SSSR count). The third kappa shape index (κ3) is 4.72. The van der Waals surface area contributed by atoms with Gasteiger partial charge in [-0.05, 0) is 117 Å². The monoisotopic (exact) mass is 528 g/mol. The Morgan fingerprint density at radius 2 is 1.76 bits per heavy atom. The number of nitrogens with zero attached hydrogens (tertiary/aromatic N) is 3. The zero-order valence-electron chi connectivity index (χ0n) is 20.7. The fourth-order valence-corrected chi connectivity index (χ4v) is 5.93. The van der Waals surface area contributed by atoms with E-state index in [1.165, 1.54) is 12.8 Å². The number of hydrogen-bond acceptors (Lipinski definition) is 3. The van der Waals surface area contributed by atoms with Crippen LogP contribution in [0, 0.1) is 6.92 Å². The van der Waals surface area contributed by atoms with E-state index in [1.54, 1.807) is 0 Å². The van der Waals surface area contributed by atoms with E-state index in [0.29, 0.717) is 11.2 Å². The maximum Gasteiger partial charge on any atom is 0.174 e. The lowest BCUT2D eigenvalue weighted by Gasteiger charge is -2.29. The summed E-state index contributed by atoms with van der Waals surface area (Å²) in [6, 6.07) is 24.4. The van der Waals surface area contributed by atoms with Gasteiger partial charge < -0.3 is 19.5 Å². The molecule has 1 aliphatic heterocycles. The molecule has 2 fully saturated rings. The number of aryl methyl sites for hydroxylation is 1. The lowest BCUT2D eigenvalue weighted by Crippen LogP contribution is -2.30. The van der Waals surface area contributed by atoms with Crippen molar-refractivity contribution in [1.82, 2.24) is 14.9 Å². The Bertz CT molecular complexity index is 1400. The van der Waals surface area contributed by atoms with E-state index in [2.05, 4.69) is 80.6 Å². The summed E-state index contributed by atoms with van der Waals surface area (Å²) in [7, 11) is 0. The smallest absolute Gasteiger partial charge is 0.174 e. The van der Waals surface area contributed by atoms with Crippen molar-refractivity contribution in [2.75, 3.05) is 4.90 Å². The second-order valence-electron chi connectivity index (χ2n) is 9.75. The molecule has 2 aromatic heterocycles. The second-order valence-corrected chi connectivity index (χ2v) is 10.5. The first kappa shape index (κ1) is 24.0. The van der Waals surface area contributed by atoms with E-state index in [0.717, 1.165) is 51.9 Å². The van der Waals surface area contributed by atoms with Gasteiger partial charge in [0.1, 0.15) is 11.8 Å². The van der Waals surface area contributed by atoms with E-state index in [-0.39, 0.29) is 12.1 Å². The number of anilines is 1. The molecule has 0 unspecified atom stereocenters. The molecular formula is C30H29ClN4OS. The standard InChI is InChI=1S/C30H29ClN4OS/c1-20-19-22(13-16-25(20)31)34-18-6-10-27(34)29-28(26-9-4-5-17-32-26)33-30(37)35(29)21-11-14-24(15-12-21)36-23-7-2-3-8-23/h4-6,9-19,23,28-29H,2-3,7-8H2,1H3,(H,33,37)/t28-,29-/m1/s1. The van der Waals surface area contributed by atoms with Crippen LogP contribution in [0.1, 0.15) is 54.7 Å². The van der Waals surface area contributed by atoms with Crippen molar-refractivity contribution >= 4 is 34.6 Å². The molecule has 0 radical (unpaired) electrons. The first-order valence-electron chi connectivity index (χ1n) is 12.8. The van der Waals surface area contributed by atoms with Gasteiger partial charge in [-0.3, -0.25) is 4.98 Å². The summed E-state index contributed by atoms with van der Waals surface area (Å²) in [5.41, 5.74) is 5.16. The van der Waals surface area contributed by atoms with E-state index in [1.807, 2.05) is 31.3 Å². The van der Waals surface area contributed by atoms with Gasteiger partial charge in [0.05, 0.1) is 17.8 Å². The van der Waals surface area contributed by atoms with Gasteiger partial charge in [-0.25, -0.2) is 0 Å². The molecule has 5 nitrogen and oxygen atoms in total. The lowest BCUT2D eigenvalue weighted by molar-refractivity contribution is 0.210. The highest BCUT2D eigenvalue weighted by Crippen LogP contribution is 2.42. The average Bonchev–Trinajstić information content (AvgIpc) is 3.67. The Hall–Kier alpha value is -3.35. The van der Waals surface area contributed by atoms with Crippen molar-refractivity contribution in [3.05, 3.63) is 107 Å². The van der Waals surface area contributed by atoms with Crippen LogP contribution < -0.4 is 15.0 Å². The number of benzene rings is 2. The Morgan fingerprint density at radius 3 is 2.49 bits per heavy atom. The number of pyridine rings is 1. The van der Waals surface area contributed by atoms with Crippen molar-refractivity contribution in [3.63, 3.8) is 0 Å². The highest BCUT2D eigenvalue weighted by molar-refractivity contribution is 7.80. The van der Waals surface area contributed by atoms with E-state index in [9.17, 15) is 0 Å². The van der Waals surface area contributed by atoms with Crippen molar-refractivity contribution in [3.8, 4) is 11.4 Å². The van der Waals surface area contributed by atoms with Crippen LogP contribution in [0.5, 0.6) is 5.75 Å². The highest BCUT2D eigenvalue weighted by Gasteiger charge is 2.42. The summed E-state index contributed by atoms with van der Waals surface area (Å²) >= 11 is 12.3. The van der Waals surface area contributed by atoms with E-state index >= 15 is 0 Å². The summed E-state index contributed by atoms with van der Waals surface area (Å²) in [5.74, 6) is 0.909. The Balaban J connectivity index is 1.40. The van der Waals surface area contributed by atoms with Crippen LogP contribution in [0.2, 0.25) is 5.02 Å². The van der Waals surface area contributed by atoms with Crippen molar-refractivity contribution in [2.24, 2.45) is 0 Å². The molecule has 37 heavy (non-hydrogen) atoms. The topological polar surface area (TPSA) is 42.3 Å². The number of rotatable bonds is 6. The minimum absolute atomic E-state index is 0.116. The van der Waals surface area contributed by atoms with Gasteiger partial charge in [0.2, 0.25) is 0 Å². The van der Waals surface area contributed by atoms with Gasteiger partial charge in [-0.2, -0.15) is 0 Å². The van der Waals surface area contributed by atoms with Gasteiger partial charge in [0, 0.05) is 34.5 Å². The van der Waals surface area contributed by atoms with Crippen LogP contribution >= 0.6 is 23.8 Å². The van der Waals surface area contributed by atoms with Gasteiger partial charge in [0.15, 0.2) is 5.11 Å². The third-order valence-electron chi connectivity index (χ3n) is 7.32. The fraction of sp³-hybridized carbons (Fsp3) is 0.267. The summed E-state index contributed by atoms with van der Waals surface area (Å²) in [4.78, 5) is 6.88. The maximum atomic E-state index is 6.34. The first-order chi connectivity index (χ1) is 18.1. The minimum atomic E-state index is -0.120. The quantitative estimate of drug-likeness (QED) is 0.265. The Labute approximate surface area is 228 Å². The molecule has 1 saturated carbocycles. The molecular weight excluding hydrogens is 500 g/mol. The van der Waals surface area contributed by atoms with Crippen LogP contribution in [0.15, 0.2) is 85.2 Å². The van der Waals surface area contributed by atoms with Crippen LogP contribution in [0.25, 0.3) is 5.69 Å². The maximum absolute atomic E-state index is 6.34. The normalized spacial score (nSPS) is 19.8. The van der Waals surface area contributed by atoms with Crippen LogP contribution in [0.3, 0.4) is 0 Å². The summed E-state index contributed by atoms with van der Waals surface area (Å²) in [6.45, 7) is 2.03. The Kier molecular flexibility index (Phi) is 6.61. The minimum Gasteiger partial charge on any atom is -0.490 e.